The molecule has 1 atom stereocenters. The Labute approximate surface area is 92.3 Å². The van der Waals surface area contributed by atoms with Gasteiger partial charge in [0.25, 0.3) is 0 Å². The number of benzene rings is 1. The lowest BCUT2D eigenvalue weighted by Crippen LogP contribution is -2.32. The first-order valence-electron chi connectivity index (χ1n) is 5.66. The number of nitrogens with one attached hydrogen (secondary N) is 1. The first-order valence-corrected chi connectivity index (χ1v) is 5.66. The van der Waals surface area contributed by atoms with Crippen molar-refractivity contribution in [3.05, 3.63) is 35.4 Å². The Hall–Kier alpha value is -0.860. The smallest absolute Gasteiger partial charge is 0.0556 e. The number of aliphatic hydroxyl groups is 1. The fourth-order valence-corrected chi connectivity index (χ4v) is 1.64. The van der Waals surface area contributed by atoms with E-state index in [-0.39, 0.29) is 6.61 Å². The second-order valence-electron chi connectivity index (χ2n) is 3.97. The van der Waals surface area contributed by atoms with E-state index < -0.39 is 0 Å². The van der Waals surface area contributed by atoms with E-state index in [1.54, 1.807) is 0 Å². The normalized spacial score (nSPS) is 12.7. The van der Waals surface area contributed by atoms with Crippen LogP contribution in [0.2, 0.25) is 0 Å². The van der Waals surface area contributed by atoms with Crippen molar-refractivity contribution in [2.24, 2.45) is 0 Å². The molecular formula is C13H21NO. The number of hydrogen-bond donors (Lipinski definition) is 2. The molecule has 1 rings (SSSR count). The SMILES string of the molecule is CCC(Cc1ccc(C)cc1)NCCO. The van der Waals surface area contributed by atoms with Crippen molar-refractivity contribution in [2.45, 2.75) is 32.7 Å². The highest BCUT2D eigenvalue weighted by Crippen LogP contribution is 2.07. The molecule has 2 N–H and O–H groups in total. The summed E-state index contributed by atoms with van der Waals surface area (Å²) in [4.78, 5) is 0. The maximum absolute atomic E-state index is 8.75. The van der Waals surface area contributed by atoms with Gasteiger partial charge in [0.05, 0.1) is 6.61 Å². The fourth-order valence-electron chi connectivity index (χ4n) is 1.64. The Kier molecular flexibility index (Phi) is 5.37. The summed E-state index contributed by atoms with van der Waals surface area (Å²) in [6.45, 7) is 5.17. The van der Waals surface area contributed by atoms with E-state index in [1.807, 2.05) is 0 Å². The van der Waals surface area contributed by atoms with Crippen LogP contribution in [0.3, 0.4) is 0 Å². The van der Waals surface area contributed by atoms with Crippen molar-refractivity contribution in [1.29, 1.82) is 0 Å². The lowest BCUT2D eigenvalue weighted by atomic mass is 10.0. The molecule has 1 unspecified atom stereocenters. The number of aryl methyl sites for hydroxylation is 1. The van der Waals surface area contributed by atoms with Gasteiger partial charge in [0.1, 0.15) is 0 Å². The molecule has 2 nitrogen and oxygen atoms in total. The summed E-state index contributed by atoms with van der Waals surface area (Å²) in [6.07, 6.45) is 2.13. The number of rotatable bonds is 6. The third-order valence-corrected chi connectivity index (χ3v) is 2.64. The van der Waals surface area contributed by atoms with Gasteiger partial charge in [-0.15, -0.1) is 0 Å². The minimum atomic E-state index is 0.213. The van der Waals surface area contributed by atoms with Crippen LogP contribution in [0.25, 0.3) is 0 Å². The molecule has 0 saturated carbocycles. The second-order valence-corrected chi connectivity index (χ2v) is 3.97. The molecule has 0 saturated heterocycles. The quantitative estimate of drug-likeness (QED) is 0.746. The van der Waals surface area contributed by atoms with Crippen LogP contribution in [0.15, 0.2) is 24.3 Å². The maximum atomic E-state index is 8.75. The van der Waals surface area contributed by atoms with Crippen LogP contribution in [0.4, 0.5) is 0 Å². The number of hydrogen-bond acceptors (Lipinski definition) is 2. The van der Waals surface area contributed by atoms with E-state index in [1.165, 1.54) is 11.1 Å². The van der Waals surface area contributed by atoms with Crippen molar-refractivity contribution in [3.63, 3.8) is 0 Å². The minimum Gasteiger partial charge on any atom is -0.395 e. The molecule has 0 aromatic heterocycles. The van der Waals surface area contributed by atoms with Gasteiger partial charge in [-0.25, -0.2) is 0 Å². The molecule has 0 aliphatic heterocycles. The fraction of sp³-hybridized carbons (Fsp3) is 0.538. The van der Waals surface area contributed by atoms with Gasteiger partial charge in [-0.3, -0.25) is 0 Å². The summed E-state index contributed by atoms with van der Waals surface area (Å²) < 4.78 is 0. The summed E-state index contributed by atoms with van der Waals surface area (Å²) >= 11 is 0. The highest BCUT2D eigenvalue weighted by atomic mass is 16.3. The molecule has 84 valence electrons. The molecule has 0 fully saturated rings. The molecule has 1 aromatic carbocycles. The highest BCUT2D eigenvalue weighted by molar-refractivity contribution is 5.22. The van der Waals surface area contributed by atoms with Crippen molar-refractivity contribution in [1.82, 2.24) is 5.32 Å². The van der Waals surface area contributed by atoms with E-state index in [2.05, 4.69) is 43.4 Å². The topological polar surface area (TPSA) is 32.3 Å². The zero-order chi connectivity index (χ0) is 11.1. The van der Waals surface area contributed by atoms with E-state index in [9.17, 15) is 0 Å². The predicted molar refractivity (Wildman–Crippen MR) is 64.1 cm³/mol. The number of aliphatic hydroxyl groups excluding tert-OH is 1. The first-order chi connectivity index (χ1) is 7.26. The molecule has 1 aromatic rings. The van der Waals surface area contributed by atoms with Crippen LogP contribution in [0, 0.1) is 6.92 Å². The molecule has 0 amide bonds. The van der Waals surface area contributed by atoms with Gasteiger partial charge in [-0.2, -0.15) is 0 Å². The van der Waals surface area contributed by atoms with Crippen molar-refractivity contribution in [3.8, 4) is 0 Å². The Bertz CT molecular complexity index is 268. The Morgan fingerprint density at radius 1 is 1.27 bits per heavy atom. The van der Waals surface area contributed by atoms with Gasteiger partial charge in [-0.05, 0) is 25.3 Å². The summed E-state index contributed by atoms with van der Waals surface area (Å²) in [5, 5.41) is 12.1. The summed E-state index contributed by atoms with van der Waals surface area (Å²) in [5.74, 6) is 0. The van der Waals surface area contributed by atoms with Crippen molar-refractivity contribution in [2.75, 3.05) is 13.2 Å². The Morgan fingerprint density at radius 3 is 2.47 bits per heavy atom. The van der Waals surface area contributed by atoms with E-state index in [0.717, 1.165) is 12.8 Å². The van der Waals surface area contributed by atoms with Crippen LogP contribution in [0.5, 0.6) is 0 Å². The van der Waals surface area contributed by atoms with Gasteiger partial charge in [-0.1, -0.05) is 36.8 Å². The van der Waals surface area contributed by atoms with Gasteiger partial charge in [0, 0.05) is 12.6 Å². The second kappa shape index (κ2) is 6.59. The molecule has 0 bridgehead atoms. The molecule has 2 heteroatoms. The molecule has 0 spiro atoms. The van der Waals surface area contributed by atoms with E-state index in [0.29, 0.717) is 12.6 Å². The molecule has 0 aliphatic rings. The largest absolute Gasteiger partial charge is 0.395 e. The average Bonchev–Trinajstić information content (AvgIpc) is 2.27. The summed E-state index contributed by atoms with van der Waals surface area (Å²) in [7, 11) is 0. The lowest BCUT2D eigenvalue weighted by molar-refractivity contribution is 0.282. The van der Waals surface area contributed by atoms with Crippen LogP contribution in [-0.2, 0) is 6.42 Å². The molecule has 0 radical (unpaired) electrons. The van der Waals surface area contributed by atoms with Crippen LogP contribution in [0.1, 0.15) is 24.5 Å². The minimum absolute atomic E-state index is 0.213. The van der Waals surface area contributed by atoms with Crippen molar-refractivity contribution >= 4 is 0 Å². The Balaban J connectivity index is 2.47. The van der Waals surface area contributed by atoms with Gasteiger partial charge >= 0.3 is 0 Å². The molecule has 0 aliphatic carbocycles. The van der Waals surface area contributed by atoms with Crippen LogP contribution >= 0.6 is 0 Å². The summed E-state index contributed by atoms with van der Waals surface area (Å²) in [6, 6.07) is 9.12. The third kappa shape index (κ3) is 4.45. The monoisotopic (exact) mass is 207 g/mol. The van der Waals surface area contributed by atoms with Gasteiger partial charge in [0.15, 0.2) is 0 Å². The predicted octanol–water partition coefficient (Wildman–Crippen LogP) is 1.90. The average molecular weight is 207 g/mol. The van der Waals surface area contributed by atoms with Crippen molar-refractivity contribution < 1.29 is 5.11 Å². The van der Waals surface area contributed by atoms with Crippen LogP contribution in [-0.4, -0.2) is 24.3 Å². The standard InChI is InChI=1S/C13H21NO/c1-3-13(14-8-9-15)10-12-6-4-11(2)5-7-12/h4-7,13-15H,3,8-10H2,1-2H3. The van der Waals surface area contributed by atoms with Crippen LogP contribution < -0.4 is 5.32 Å². The van der Waals surface area contributed by atoms with Gasteiger partial charge in [0.2, 0.25) is 0 Å². The first kappa shape index (κ1) is 12.2. The third-order valence-electron chi connectivity index (χ3n) is 2.64. The molecule has 15 heavy (non-hydrogen) atoms. The van der Waals surface area contributed by atoms with E-state index >= 15 is 0 Å². The zero-order valence-corrected chi connectivity index (χ0v) is 9.66. The molecule has 0 heterocycles. The highest BCUT2D eigenvalue weighted by Gasteiger charge is 2.05. The lowest BCUT2D eigenvalue weighted by Gasteiger charge is -2.16. The Morgan fingerprint density at radius 2 is 1.93 bits per heavy atom. The van der Waals surface area contributed by atoms with E-state index in [4.69, 9.17) is 5.11 Å². The summed E-state index contributed by atoms with van der Waals surface area (Å²) in [5.41, 5.74) is 2.66. The zero-order valence-electron chi connectivity index (χ0n) is 9.66. The maximum Gasteiger partial charge on any atom is 0.0556 e. The molecular weight excluding hydrogens is 186 g/mol. The van der Waals surface area contributed by atoms with Gasteiger partial charge < -0.3 is 10.4 Å².